The van der Waals surface area contributed by atoms with Crippen molar-refractivity contribution in [3.05, 3.63) is 71.1 Å². The van der Waals surface area contributed by atoms with E-state index in [2.05, 4.69) is 4.72 Å². The maximum atomic E-state index is 13.4. The molecule has 0 spiro atoms. The Morgan fingerprint density at radius 3 is 2.49 bits per heavy atom. The lowest BCUT2D eigenvalue weighted by Crippen LogP contribution is -2.48. The van der Waals surface area contributed by atoms with Crippen LogP contribution < -0.4 is 9.46 Å². The fraction of sp³-hybridized carbons (Fsp3) is 0.393. The zero-order chi connectivity index (χ0) is 29.9. The lowest BCUT2D eigenvalue weighted by atomic mass is 10.0. The highest BCUT2D eigenvalue weighted by atomic mass is 32.2. The highest BCUT2D eigenvalue weighted by Gasteiger charge is 2.33. The first-order chi connectivity index (χ1) is 19.3. The van der Waals surface area contributed by atoms with Crippen LogP contribution in [0.4, 0.5) is 5.69 Å². The van der Waals surface area contributed by atoms with Gasteiger partial charge in [0.15, 0.2) is 0 Å². The average Bonchev–Trinajstić information content (AvgIpc) is 3.49. The number of amides is 1. The molecule has 222 valence electrons. The Labute approximate surface area is 245 Å². The first-order valence-electron chi connectivity index (χ1n) is 13.1. The summed E-state index contributed by atoms with van der Waals surface area (Å²) < 4.78 is 62.6. The number of carbonyl (C=O) groups excluding carboxylic acids is 1. The van der Waals surface area contributed by atoms with Gasteiger partial charge in [-0.2, -0.15) is 4.31 Å². The Hall–Kier alpha value is -2.97. The van der Waals surface area contributed by atoms with Gasteiger partial charge in [-0.1, -0.05) is 30.7 Å². The number of fused-ring (bicyclic) bond motifs is 1. The van der Waals surface area contributed by atoms with Crippen molar-refractivity contribution in [2.24, 2.45) is 5.92 Å². The number of aryl methyl sites for hydroxylation is 1. The molecule has 3 aromatic rings. The van der Waals surface area contributed by atoms with E-state index in [1.807, 2.05) is 13.8 Å². The van der Waals surface area contributed by atoms with Crippen LogP contribution in [0.1, 0.15) is 25.0 Å². The summed E-state index contributed by atoms with van der Waals surface area (Å²) in [6.07, 6.45) is -0.752. The molecule has 2 aromatic carbocycles. The summed E-state index contributed by atoms with van der Waals surface area (Å²) in [5.41, 5.74) is 1.65. The zero-order valence-electron chi connectivity index (χ0n) is 23.3. The van der Waals surface area contributed by atoms with Crippen molar-refractivity contribution in [2.45, 2.75) is 48.4 Å². The number of nitrogens with one attached hydrogen (secondary N) is 1. The number of nitrogens with zero attached hydrogens (tertiary/aromatic N) is 2. The van der Waals surface area contributed by atoms with Crippen LogP contribution in [-0.4, -0.2) is 75.9 Å². The predicted octanol–water partition coefficient (Wildman–Crippen LogP) is 3.33. The number of benzene rings is 2. The minimum absolute atomic E-state index is 0.000882. The third kappa shape index (κ3) is 7.09. The van der Waals surface area contributed by atoms with Crippen LogP contribution in [-0.2, 0) is 31.3 Å². The smallest absolute Gasteiger partial charge is 0.271 e. The third-order valence-corrected chi connectivity index (χ3v) is 11.7. The summed E-state index contributed by atoms with van der Waals surface area (Å²) in [4.78, 5) is 15.2. The van der Waals surface area contributed by atoms with Crippen molar-refractivity contribution < 1.29 is 31.5 Å². The molecule has 0 bridgehead atoms. The molecular weight excluding hydrogens is 587 g/mol. The highest BCUT2D eigenvalue weighted by Crippen LogP contribution is 2.31. The third-order valence-electron chi connectivity index (χ3n) is 7.09. The van der Waals surface area contributed by atoms with Gasteiger partial charge >= 0.3 is 0 Å². The van der Waals surface area contributed by atoms with Crippen molar-refractivity contribution in [3.8, 4) is 5.75 Å². The molecule has 2 heterocycles. The molecule has 4 rings (SSSR count). The number of hydrogen-bond acceptors (Lipinski definition) is 8. The minimum Gasteiger partial charge on any atom is -0.488 e. The molecule has 0 fully saturated rings. The second-order valence-electron chi connectivity index (χ2n) is 10.3. The molecule has 1 aromatic heterocycles. The van der Waals surface area contributed by atoms with E-state index in [0.717, 1.165) is 16.9 Å². The summed E-state index contributed by atoms with van der Waals surface area (Å²) >= 11 is 1.09. The molecule has 0 unspecified atom stereocenters. The molecule has 41 heavy (non-hydrogen) atoms. The number of thiophene rings is 1. The zero-order valence-corrected chi connectivity index (χ0v) is 25.8. The van der Waals surface area contributed by atoms with Gasteiger partial charge in [0.05, 0.1) is 30.5 Å². The summed E-state index contributed by atoms with van der Waals surface area (Å²) in [5, 5.41) is 11.5. The molecule has 0 saturated carbocycles. The molecule has 1 aliphatic rings. The van der Waals surface area contributed by atoms with Crippen molar-refractivity contribution in [2.75, 3.05) is 31.5 Å². The van der Waals surface area contributed by atoms with Gasteiger partial charge in [0.1, 0.15) is 16.1 Å². The number of sulfonamides is 2. The van der Waals surface area contributed by atoms with E-state index >= 15 is 0 Å². The van der Waals surface area contributed by atoms with Crippen LogP contribution in [0.3, 0.4) is 0 Å². The largest absolute Gasteiger partial charge is 0.488 e. The van der Waals surface area contributed by atoms with E-state index in [1.54, 1.807) is 65.7 Å². The molecule has 3 atom stereocenters. The average molecular weight is 622 g/mol. The summed E-state index contributed by atoms with van der Waals surface area (Å²) in [6, 6.07) is 14.0. The second-order valence-corrected chi connectivity index (χ2v) is 15.2. The summed E-state index contributed by atoms with van der Waals surface area (Å²) in [5.74, 6) is -0.219. The Morgan fingerprint density at radius 2 is 1.85 bits per heavy atom. The SMILES string of the molecule is Cc1ccc(S(=O)(=O)N(C)C[C@H]2Oc3ccc(NS(=O)(=O)c4cccs4)cc3CC(=O)N([C@@H](C)CO)C[C@H]2C)cc1. The van der Waals surface area contributed by atoms with Gasteiger partial charge in [0.2, 0.25) is 15.9 Å². The van der Waals surface area contributed by atoms with Gasteiger partial charge in [-0.3, -0.25) is 9.52 Å². The normalized spacial score (nSPS) is 19.1. The van der Waals surface area contributed by atoms with E-state index in [9.17, 15) is 26.7 Å². The molecule has 13 heteroatoms. The Kier molecular flexibility index (Phi) is 9.44. The van der Waals surface area contributed by atoms with Crippen LogP contribution in [0.15, 0.2) is 69.1 Å². The highest BCUT2D eigenvalue weighted by molar-refractivity contribution is 7.94. The predicted molar refractivity (Wildman–Crippen MR) is 158 cm³/mol. The topological polar surface area (TPSA) is 133 Å². The molecular formula is C28H35N3O7S3. The number of likely N-dealkylation sites (N-methyl/N-ethyl adjacent to an activating group) is 1. The van der Waals surface area contributed by atoms with Gasteiger partial charge in [-0.15, -0.1) is 11.3 Å². The Bertz CT molecular complexity index is 1570. The van der Waals surface area contributed by atoms with Crippen LogP contribution in [0.2, 0.25) is 0 Å². The van der Waals surface area contributed by atoms with Gasteiger partial charge in [0, 0.05) is 30.8 Å². The second kappa shape index (κ2) is 12.5. The molecule has 0 radical (unpaired) electrons. The number of ether oxygens (including phenoxy) is 1. The Morgan fingerprint density at radius 1 is 1.15 bits per heavy atom. The van der Waals surface area contributed by atoms with Crippen LogP contribution >= 0.6 is 11.3 Å². The standard InChI is InChI=1S/C28H35N3O7S3/c1-19-7-10-24(11-8-19)41(36,37)30(4)17-26-20(2)16-31(21(3)18-32)27(33)15-22-14-23(9-12-25(22)38-26)29-40(34,35)28-6-5-13-39-28/h5-14,20-21,26,29,32H,15-18H2,1-4H3/t20-,21+,26-/m1/s1. The minimum atomic E-state index is -3.82. The first kappa shape index (κ1) is 31.0. The number of aliphatic hydroxyl groups is 1. The number of carbonyl (C=O) groups is 1. The molecule has 0 saturated heterocycles. The Balaban J connectivity index is 1.68. The monoisotopic (exact) mass is 621 g/mol. The molecule has 1 amide bonds. The lowest BCUT2D eigenvalue weighted by Gasteiger charge is -2.33. The van der Waals surface area contributed by atoms with Crippen molar-refractivity contribution in [3.63, 3.8) is 0 Å². The van der Waals surface area contributed by atoms with Crippen LogP contribution in [0, 0.1) is 12.8 Å². The van der Waals surface area contributed by atoms with E-state index in [0.29, 0.717) is 11.3 Å². The van der Waals surface area contributed by atoms with Crippen LogP contribution in [0.5, 0.6) is 5.75 Å². The fourth-order valence-electron chi connectivity index (χ4n) is 4.57. The maximum Gasteiger partial charge on any atom is 0.271 e. The van der Waals surface area contributed by atoms with Crippen molar-refractivity contribution >= 4 is 43.0 Å². The molecule has 1 aliphatic heterocycles. The first-order valence-corrected chi connectivity index (χ1v) is 16.9. The van der Waals surface area contributed by atoms with E-state index in [4.69, 9.17) is 4.74 Å². The number of anilines is 1. The summed E-state index contributed by atoms with van der Waals surface area (Å²) in [7, 11) is -6.15. The van der Waals surface area contributed by atoms with Crippen LogP contribution in [0.25, 0.3) is 0 Å². The summed E-state index contributed by atoms with van der Waals surface area (Å²) in [6.45, 7) is 5.46. The van der Waals surface area contributed by atoms with Crippen molar-refractivity contribution in [1.29, 1.82) is 0 Å². The van der Waals surface area contributed by atoms with Crippen molar-refractivity contribution in [1.82, 2.24) is 9.21 Å². The molecule has 0 aliphatic carbocycles. The quantitative estimate of drug-likeness (QED) is 0.375. The van der Waals surface area contributed by atoms with Gasteiger partial charge < -0.3 is 14.7 Å². The number of aliphatic hydroxyl groups excluding tert-OH is 1. The number of rotatable bonds is 9. The lowest BCUT2D eigenvalue weighted by molar-refractivity contribution is -0.134. The molecule has 2 N–H and O–H groups in total. The molecule has 10 nitrogen and oxygen atoms in total. The fourth-order valence-corrected chi connectivity index (χ4v) is 7.80. The van der Waals surface area contributed by atoms with Gasteiger partial charge in [-0.25, -0.2) is 16.8 Å². The van der Waals surface area contributed by atoms with Gasteiger partial charge in [-0.05, 0) is 55.6 Å². The number of hydrogen-bond donors (Lipinski definition) is 2. The van der Waals surface area contributed by atoms with E-state index in [1.165, 1.54) is 17.4 Å². The van der Waals surface area contributed by atoms with Gasteiger partial charge in [0.25, 0.3) is 10.0 Å². The maximum absolute atomic E-state index is 13.4. The van der Waals surface area contributed by atoms with E-state index in [-0.39, 0.29) is 52.7 Å². The van der Waals surface area contributed by atoms with E-state index < -0.39 is 32.2 Å².